The Morgan fingerprint density at radius 2 is 2.29 bits per heavy atom. The monoisotopic (exact) mass is 255 g/mol. The lowest BCUT2D eigenvalue weighted by molar-refractivity contribution is -0.150. The van der Waals surface area contributed by atoms with Crippen LogP contribution < -0.4 is 5.73 Å². The average molecular weight is 256 g/mol. The van der Waals surface area contributed by atoms with Crippen molar-refractivity contribution in [1.82, 2.24) is 0 Å². The predicted molar refractivity (Wildman–Crippen MR) is 63.7 cm³/mol. The van der Waals surface area contributed by atoms with Gasteiger partial charge < -0.3 is 15.2 Å². The molecule has 1 fully saturated rings. The van der Waals surface area contributed by atoms with Crippen molar-refractivity contribution in [3.63, 3.8) is 0 Å². The van der Waals surface area contributed by atoms with Crippen LogP contribution in [0.5, 0.6) is 0 Å². The maximum atomic E-state index is 11.8. The highest BCUT2D eigenvalue weighted by Crippen LogP contribution is 2.22. The molecule has 0 spiro atoms. The molecule has 1 aromatic carbocycles. The molecule has 2 rings (SSSR count). The lowest BCUT2D eigenvalue weighted by atomic mass is 10.1. The van der Waals surface area contributed by atoms with Crippen molar-refractivity contribution >= 4 is 17.6 Å². The molecule has 4 nitrogen and oxygen atoms in total. The lowest BCUT2D eigenvalue weighted by Crippen LogP contribution is -2.28. The Balaban J connectivity index is 2.01. The van der Waals surface area contributed by atoms with Gasteiger partial charge in [0.2, 0.25) is 0 Å². The molecular formula is C12H14ClNO3. The van der Waals surface area contributed by atoms with Crippen molar-refractivity contribution < 1.29 is 14.3 Å². The molecule has 17 heavy (non-hydrogen) atoms. The van der Waals surface area contributed by atoms with Gasteiger partial charge in [-0.15, -0.1) is 0 Å². The van der Waals surface area contributed by atoms with Gasteiger partial charge in [0.15, 0.2) is 0 Å². The SMILES string of the molecule is N[C@@H](C(=O)OC1CCOC1)c1ccccc1Cl. The summed E-state index contributed by atoms with van der Waals surface area (Å²) < 4.78 is 10.4. The van der Waals surface area contributed by atoms with Crippen LogP contribution in [0.2, 0.25) is 5.02 Å². The van der Waals surface area contributed by atoms with E-state index in [1.165, 1.54) is 0 Å². The molecule has 1 aliphatic heterocycles. The predicted octanol–water partition coefficient (Wildman–Crippen LogP) is 1.67. The van der Waals surface area contributed by atoms with Crippen LogP contribution in [0.4, 0.5) is 0 Å². The number of nitrogens with two attached hydrogens (primary N) is 1. The Bertz CT molecular complexity index is 404. The van der Waals surface area contributed by atoms with Crippen LogP contribution in [0.1, 0.15) is 18.0 Å². The van der Waals surface area contributed by atoms with E-state index in [-0.39, 0.29) is 6.10 Å². The van der Waals surface area contributed by atoms with Gasteiger partial charge in [-0.05, 0) is 11.6 Å². The van der Waals surface area contributed by atoms with E-state index in [0.29, 0.717) is 23.8 Å². The van der Waals surface area contributed by atoms with Crippen molar-refractivity contribution in [3.8, 4) is 0 Å². The number of hydrogen-bond donors (Lipinski definition) is 1. The number of benzene rings is 1. The Hall–Kier alpha value is -1.10. The first-order chi connectivity index (χ1) is 8.18. The van der Waals surface area contributed by atoms with Crippen LogP contribution in [-0.2, 0) is 14.3 Å². The fraction of sp³-hybridized carbons (Fsp3) is 0.417. The maximum absolute atomic E-state index is 11.8. The van der Waals surface area contributed by atoms with Gasteiger partial charge in [0.25, 0.3) is 0 Å². The Labute approximate surface area is 105 Å². The second kappa shape index (κ2) is 5.49. The van der Waals surface area contributed by atoms with Gasteiger partial charge in [0.1, 0.15) is 12.1 Å². The molecular weight excluding hydrogens is 242 g/mol. The van der Waals surface area contributed by atoms with Crippen molar-refractivity contribution in [3.05, 3.63) is 34.9 Å². The van der Waals surface area contributed by atoms with E-state index in [4.69, 9.17) is 26.8 Å². The highest BCUT2D eigenvalue weighted by Gasteiger charge is 2.25. The zero-order valence-electron chi connectivity index (χ0n) is 9.27. The summed E-state index contributed by atoms with van der Waals surface area (Å²) in [6.45, 7) is 1.07. The summed E-state index contributed by atoms with van der Waals surface area (Å²) >= 11 is 5.97. The first-order valence-electron chi connectivity index (χ1n) is 5.46. The minimum absolute atomic E-state index is 0.184. The topological polar surface area (TPSA) is 61.6 Å². The fourth-order valence-corrected chi connectivity index (χ4v) is 1.95. The third kappa shape index (κ3) is 2.97. The molecule has 0 aromatic heterocycles. The zero-order chi connectivity index (χ0) is 12.3. The number of carbonyl (C=O) groups is 1. The Morgan fingerprint density at radius 3 is 2.94 bits per heavy atom. The average Bonchev–Trinajstić information content (AvgIpc) is 2.81. The van der Waals surface area contributed by atoms with E-state index < -0.39 is 12.0 Å². The minimum Gasteiger partial charge on any atom is -0.458 e. The molecule has 1 saturated heterocycles. The molecule has 92 valence electrons. The maximum Gasteiger partial charge on any atom is 0.327 e. The molecule has 1 aliphatic rings. The fourth-order valence-electron chi connectivity index (χ4n) is 1.70. The second-order valence-electron chi connectivity index (χ2n) is 3.92. The second-order valence-corrected chi connectivity index (χ2v) is 4.33. The van der Waals surface area contributed by atoms with Gasteiger partial charge in [-0.25, -0.2) is 4.79 Å². The Morgan fingerprint density at radius 1 is 1.53 bits per heavy atom. The smallest absolute Gasteiger partial charge is 0.327 e. The number of carbonyl (C=O) groups excluding carboxylic acids is 1. The molecule has 1 heterocycles. The van der Waals surface area contributed by atoms with Crippen molar-refractivity contribution in [2.24, 2.45) is 5.73 Å². The number of ether oxygens (including phenoxy) is 2. The van der Waals surface area contributed by atoms with Gasteiger partial charge in [-0.1, -0.05) is 29.8 Å². The van der Waals surface area contributed by atoms with Crippen LogP contribution >= 0.6 is 11.6 Å². The zero-order valence-corrected chi connectivity index (χ0v) is 10.0. The first kappa shape index (κ1) is 12.4. The standard InChI is InChI=1S/C12H14ClNO3/c13-10-4-2-1-3-9(10)11(14)12(15)17-8-5-6-16-7-8/h1-4,8,11H,5-7,14H2/t8?,11-/m1/s1. The normalized spacial score (nSPS) is 21.2. The van der Waals surface area contributed by atoms with Crippen LogP contribution in [0.25, 0.3) is 0 Å². The summed E-state index contributed by atoms with van der Waals surface area (Å²) in [5.74, 6) is -0.464. The van der Waals surface area contributed by atoms with E-state index >= 15 is 0 Å². The third-order valence-corrected chi connectivity index (χ3v) is 3.01. The van der Waals surface area contributed by atoms with Gasteiger partial charge in [0, 0.05) is 11.4 Å². The van der Waals surface area contributed by atoms with Gasteiger partial charge in [0.05, 0.1) is 13.2 Å². The van der Waals surface area contributed by atoms with E-state index in [1.807, 2.05) is 0 Å². The molecule has 0 aliphatic carbocycles. The summed E-state index contributed by atoms with van der Waals surface area (Å²) in [7, 11) is 0. The number of rotatable bonds is 3. The van der Waals surface area contributed by atoms with E-state index in [9.17, 15) is 4.79 Å². The number of esters is 1. The highest BCUT2D eigenvalue weighted by atomic mass is 35.5. The number of halogens is 1. The quantitative estimate of drug-likeness (QED) is 0.835. The minimum atomic E-state index is -0.843. The summed E-state index contributed by atoms with van der Waals surface area (Å²) in [4.78, 5) is 11.8. The van der Waals surface area contributed by atoms with Crippen molar-refractivity contribution in [2.75, 3.05) is 13.2 Å². The molecule has 2 N–H and O–H groups in total. The summed E-state index contributed by atoms with van der Waals surface area (Å²) in [5, 5.41) is 0.472. The first-order valence-corrected chi connectivity index (χ1v) is 5.84. The van der Waals surface area contributed by atoms with E-state index in [0.717, 1.165) is 6.42 Å². The van der Waals surface area contributed by atoms with Gasteiger partial charge in [-0.2, -0.15) is 0 Å². The Kier molecular flexibility index (Phi) is 3.99. The molecule has 1 aromatic rings. The third-order valence-electron chi connectivity index (χ3n) is 2.66. The van der Waals surface area contributed by atoms with Gasteiger partial charge >= 0.3 is 5.97 Å². The molecule has 2 atom stereocenters. The van der Waals surface area contributed by atoms with E-state index in [2.05, 4.69) is 0 Å². The highest BCUT2D eigenvalue weighted by molar-refractivity contribution is 6.31. The summed E-state index contributed by atoms with van der Waals surface area (Å²) in [5.41, 5.74) is 6.40. The lowest BCUT2D eigenvalue weighted by Gasteiger charge is -2.16. The van der Waals surface area contributed by atoms with Crippen LogP contribution in [0.15, 0.2) is 24.3 Å². The molecule has 0 amide bonds. The molecule has 0 bridgehead atoms. The van der Waals surface area contributed by atoms with Crippen LogP contribution in [0, 0.1) is 0 Å². The molecule has 0 saturated carbocycles. The molecule has 0 radical (unpaired) electrons. The van der Waals surface area contributed by atoms with E-state index in [1.54, 1.807) is 24.3 Å². The number of hydrogen-bond acceptors (Lipinski definition) is 4. The summed E-state index contributed by atoms with van der Waals surface area (Å²) in [6, 6.07) is 6.15. The van der Waals surface area contributed by atoms with Crippen LogP contribution in [0.3, 0.4) is 0 Å². The van der Waals surface area contributed by atoms with Crippen molar-refractivity contribution in [1.29, 1.82) is 0 Å². The van der Waals surface area contributed by atoms with Crippen molar-refractivity contribution in [2.45, 2.75) is 18.6 Å². The van der Waals surface area contributed by atoms with Gasteiger partial charge in [-0.3, -0.25) is 0 Å². The molecule has 5 heteroatoms. The van der Waals surface area contributed by atoms with Crippen LogP contribution in [-0.4, -0.2) is 25.3 Å². The summed E-state index contributed by atoms with van der Waals surface area (Å²) in [6.07, 6.45) is 0.539. The molecule has 1 unspecified atom stereocenters. The largest absolute Gasteiger partial charge is 0.458 e.